The van der Waals surface area contributed by atoms with Crippen LogP contribution in [0.3, 0.4) is 0 Å². The fourth-order valence-corrected chi connectivity index (χ4v) is 5.23. The fourth-order valence-electron chi connectivity index (χ4n) is 3.28. The van der Waals surface area contributed by atoms with Gasteiger partial charge in [0.25, 0.3) is 0 Å². The molecule has 1 unspecified atom stereocenters. The van der Waals surface area contributed by atoms with Gasteiger partial charge in [-0.15, -0.1) is 0 Å². The van der Waals surface area contributed by atoms with Gasteiger partial charge in [0, 0.05) is 0 Å². The molecule has 0 saturated heterocycles. The van der Waals surface area contributed by atoms with Crippen molar-refractivity contribution in [1.29, 1.82) is 0 Å². The standard InChI is InChI=1S/C22H20ClFIN2/c1-3-15-9-10-16(17-12-26-14-27-13-17)11-19(21(15)22(23)25-4-2)18-7-5-6-8-20(18)24/h3-8,11-14,16H,2,9-10H2,1H3/q-1/b15-3-,22-21+. The van der Waals surface area contributed by atoms with Crippen molar-refractivity contribution in [3.8, 4) is 0 Å². The first-order valence-corrected chi connectivity index (χ1v) is 11.4. The summed E-state index contributed by atoms with van der Waals surface area (Å²) < 4.78 is 17.4. The van der Waals surface area contributed by atoms with Crippen molar-refractivity contribution in [2.45, 2.75) is 25.7 Å². The second-order valence-electron chi connectivity index (χ2n) is 6.09. The van der Waals surface area contributed by atoms with Gasteiger partial charge in [-0.05, 0) is 0 Å². The van der Waals surface area contributed by atoms with Crippen molar-refractivity contribution in [2.75, 3.05) is 0 Å². The Bertz CT molecular complexity index is 919. The Hall–Kier alpha value is -1.79. The van der Waals surface area contributed by atoms with Gasteiger partial charge in [-0.3, -0.25) is 0 Å². The van der Waals surface area contributed by atoms with Crippen LogP contribution in [0, 0.1) is 5.82 Å². The molecule has 0 N–H and O–H groups in total. The summed E-state index contributed by atoms with van der Waals surface area (Å²) in [5, 5.41) is 0. The van der Waals surface area contributed by atoms with Gasteiger partial charge in [0.1, 0.15) is 0 Å². The number of nitrogens with zero attached hydrogens (tertiary/aromatic N) is 2. The number of halogens is 3. The number of benzene rings is 1. The molecule has 1 aliphatic rings. The second-order valence-corrected chi connectivity index (χ2v) is 9.69. The van der Waals surface area contributed by atoms with E-state index in [1.807, 2.05) is 35.5 Å². The van der Waals surface area contributed by atoms with Crippen molar-refractivity contribution < 1.29 is 25.6 Å². The summed E-state index contributed by atoms with van der Waals surface area (Å²) in [6, 6.07) is 6.87. The van der Waals surface area contributed by atoms with E-state index >= 15 is 0 Å². The predicted octanol–water partition coefficient (Wildman–Crippen LogP) is 3.21. The Morgan fingerprint density at radius 3 is 2.70 bits per heavy atom. The minimum atomic E-state index is -0.524. The molecule has 0 bridgehead atoms. The van der Waals surface area contributed by atoms with Crippen LogP contribution in [0.15, 0.2) is 80.0 Å². The molecule has 1 aromatic carbocycles. The third kappa shape index (κ3) is 4.55. The Kier molecular flexibility index (Phi) is 6.96. The summed E-state index contributed by atoms with van der Waals surface area (Å²) in [4.78, 5) is 8.31. The molecule has 0 radical (unpaired) electrons. The van der Waals surface area contributed by atoms with Gasteiger partial charge in [0.2, 0.25) is 0 Å². The van der Waals surface area contributed by atoms with Crippen molar-refractivity contribution in [2.24, 2.45) is 0 Å². The van der Waals surface area contributed by atoms with Crippen LogP contribution in [0.1, 0.15) is 36.8 Å². The van der Waals surface area contributed by atoms with E-state index in [2.05, 4.69) is 28.7 Å². The van der Waals surface area contributed by atoms with Gasteiger partial charge in [-0.2, -0.15) is 0 Å². The zero-order chi connectivity index (χ0) is 19.2. The van der Waals surface area contributed by atoms with Gasteiger partial charge in [0.05, 0.1) is 0 Å². The molecule has 0 aliphatic heterocycles. The molecule has 0 amide bonds. The molecule has 2 nitrogen and oxygen atoms in total. The third-order valence-corrected chi connectivity index (χ3v) is 6.83. The molecule has 0 saturated carbocycles. The summed E-state index contributed by atoms with van der Waals surface area (Å²) in [6.07, 6.45) is 11.1. The molecular formula is C22H20ClFIN2-. The molecule has 0 spiro atoms. The average molecular weight is 494 g/mol. The summed E-state index contributed by atoms with van der Waals surface area (Å²) in [5.74, 6) is -0.150. The quantitative estimate of drug-likeness (QED) is 0.612. The number of allylic oxidation sites excluding steroid dienone is 5. The monoisotopic (exact) mass is 493 g/mol. The van der Waals surface area contributed by atoms with Crippen molar-refractivity contribution in [3.05, 3.63) is 96.9 Å². The molecule has 1 aromatic heterocycles. The molecule has 2 aromatic rings. The zero-order valence-corrected chi connectivity index (χ0v) is 17.9. The summed E-state index contributed by atoms with van der Waals surface area (Å²) in [5.41, 5.74) is 4.55. The van der Waals surface area contributed by atoms with Crippen molar-refractivity contribution in [1.82, 2.24) is 9.97 Å². The third-order valence-electron chi connectivity index (χ3n) is 4.57. The van der Waals surface area contributed by atoms with Crippen LogP contribution in [0.25, 0.3) is 5.57 Å². The van der Waals surface area contributed by atoms with E-state index in [9.17, 15) is 4.39 Å². The molecule has 3 rings (SSSR count). The summed E-state index contributed by atoms with van der Waals surface area (Å²) >= 11 is 6.20. The van der Waals surface area contributed by atoms with Crippen LogP contribution in [-0.4, -0.2) is 9.97 Å². The number of hydrogen-bond donors (Lipinski definition) is 0. The molecule has 1 aliphatic carbocycles. The first-order chi connectivity index (χ1) is 13.2. The van der Waals surface area contributed by atoms with Crippen LogP contribution >= 0.6 is 11.6 Å². The maximum atomic E-state index is 14.7. The summed E-state index contributed by atoms with van der Waals surface area (Å²) in [6.45, 7) is 5.86. The van der Waals surface area contributed by atoms with Crippen LogP contribution in [0.5, 0.6) is 0 Å². The van der Waals surface area contributed by atoms with E-state index in [-0.39, 0.29) is 11.7 Å². The average Bonchev–Trinajstić information content (AvgIpc) is 2.89. The molecule has 27 heavy (non-hydrogen) atoms. The van der Waals surface area contributed by atoms with Crippen LogP contribution in [0.2, 0.25) is 0 Å². The molecule has 1 heterocycles. The van der Waals surface area contributed by atoms with E-state index in [0.717, 1.165) is 38.2 Å². The molecule has 5 heteroatoms. The minimum absolute atomic E-state index is 0.0969. The summed E-state index contributed by atoms with van der Waals surface area (Å²) in [7, 11) is 0. The Balaban J connectivity index is 2.25. The maximum absolute atomic E-state index is 14.7. The van der Waals surface area contributed by atoms with Gasteiger partial charge in [0.15, 0.2) is 0 Å². The van der Waals surface area contributed by atoms with E-state index in [4.69, 9.17) is 11.6 Å². The van der Waals surface area contributed by atoms with Crippen LogP contribution < -0.4 is 21.2 Å². The van der Waals surface area contributed by atoms with Crippen molar-refractivity contribution >= 4 is 17.2 Å². The van der Waals surface area contributed by atoms with Gasteiger partial charge >= 0.3 is 175 Å². The van der Waals surface area contributed by atoms with E-state index in [1.54, 1.807) is 6.07 Å². The predicted molar refractivity (Wildman–Crippen MR) is 105 cm³/mol. The SMILES string of the molecule is C=C[I-]/C(Cl)=C1/C(c2ccccc2F)=CC(c2cncnc2)CC/C1=C/C. The van der Waals surface area contributed by atoms with E-state index in [0.29, 0.717) is 5.56 Å². The molecular weight excluding hydrogens is 474 g/mol. The number of aromatic nitrogens is 2. The Morgan fingerprint density at radius 2 is 2.04 bits per heavy atom. The number of rotatable bonds is 4. The topological polar surface area (TPSA) is 25.8 Å². The van der Waals surface area contributed by atoms with E-state index in [1.165, 1.54) is 12.4 Å². The Labute approximate surface area is 174 Å². The molecule has 1 atom stereocenters. The van der Waals surface area contributed by atoms with Crippen LogP contribution in [-0.2, 0) is 0 Å². The normalized spacial score (nSPS) is 20.9. The Morgan fingerprint density at radius 1 is 1.30 bits per heavy atom. The first kappa shape index (κ1) is 20.0. The van der Waals surface area contributed by atoms with Gasteiger partial charge in [-0.1, -0.05) is 0 Å². The van der Waals surface area contributed by atoms with Gasteiger partial charge < -0.3 is 0 Å². The fraction of sp³-hybridized carbons (Fsp3) is 0.182. The van der Waals surface area contributed by atoms with Crippen LogP contribution in [0.4, 0.5) is 4.39 Å². The second kappa shape index (κ2) is 9.42. The molecule has 0 fully saturated rings. The van der Waals surface area contributed by atoms with E-state index < -0.39 is 21.2 Å². The first-order valence-electron chi connectivity index (χ1n) is 8.67. The number of hydrogen-bond acceptors (Lipinski definition) is 2. The van der Waals surface area contributed by atoms with Crippen molar-refractivity contribution in [3.63, 3.8) is 0 Å². The zero-order valence-electron chi connectivity index (χ0n) is 15.0. The molecule has 140 valence electrons. The van der Waals surface area contributed by atoms with Gasteiger partial charge in [-0.25, -0.2) is 0 Å².